The summed E-state index contributed by atoms with van der Waals surface area (Å²) in [4.78, 5) is 0. The van der Waals surface area contributed by atoms with E-state index in [1.807, 2.05) is 30.7 Å². The number of hydrogen-bond acceptors (Lipinski definition) is 0. The molecule has 0 saturated heterocycles. The summed E-state index contributed by atoms with van der Waals surface area (Å²) in [6.07, 6.45) is 1.96. The molecule has 0 N–H and O–H groups in total. The Morgan fingerprint density at radius 2 is 1.90 bits per heavy atom. The van der Waals surface area contributed by atoms with E-state index in [1.165, 1.54) is 0 Å². The van der Waals surface area contributed by atoms with Crippen LogP contribution in [0.4, 0.5) is 0 Å². The molecule has 2 radical (unpaired) electrons. The van der Waals surface area contributed by atoms with Gasteiger partial charge in [-0.1, -0.05) is 24.3 Å². The smallest absolute Gasteiger partial charge is 0.0298 e. The van der Waals surface area contributed by atoms with Gasteiger partial charge in [0.2, 0.25) is 0 Å². The van der Waals surface area contributed by atoms with Gasteiger partial charge in [-0.05, 0) is 18.1 Å². The molecule has 0 unspecified atom stereocenters. The zero-order valence-electron chi connectivity index (χ0n) is 5.68. The Labute approximate surface area is 66.8 Å². The largest absolute Gasteiger partial charge is 0.126 e. The Morgan fingerprint density at radius 1 is 1.30 bits per heavy atom. The average molecular weight is 153 g/mol. The van der Waals surface area contributed by atoms with Gasteiger partial charge < -0.3 is 0 Å². The van der Waals surface area contributed by atoms with Crippen LogP contribution in [0, 0.1) is 13.3 Å². The molecule has 1 aromatic rings. The number of alkyl halides is 1. The summed E-state index contributed by atoms with van der Waals surface area (Å²) in [5.74, 6) is 0.566. The van der Waals surface area contributed by atoms with Gasteiger partial charge in [0.1, 0.15) is 0 Å². The molecule has 0 bridgehead atoms. The summed E-state index contributed by atoms with van der Waals surface area (Å²) in [6, 6.07) is 7.95. The number of halogens is 1. The highest BCUT2D eigenvalue weighted by atomic mass is 35.5. The molecule has 0 aliphatic heterocycles. The van der Waals surface area contributed by atoms with Crippen LogP contribution in [0.2, 0.25) is 0 Å². The van der Waals surface area contributed by atoms with Crippen molar-refractivity contribution in [1.29, 1.82) is 0 Å². The standard InChI is InChI=1S/C9H9Cl/c1-8-2-4-9(5-3-8)6-7-10/h2-6H,1,7H2. The molecule has 1 rings (SSSR count). The van der Waals surface area contributed by atoms with Gasteiger partial charge in [-0.2, -0.15) is 0 Å². The second-order valence-corrected chi connectivity index (χ2v) is 2.41. The van der Waals surface area contributed by atoms with E-state index in [0.717, 1.165) is 11.1 Å². The van der Waals surface area contributed by atoms with Crippen molar-refractivity contribution in [1.82, 2.24) is 0 Å². The third-order valence-electron chi connectivity index (χ3n) is 1.29. The van der Waals surface area contributed by atoms with Gasteiger partial charge in [-0.15, -0.1) is 11.6 Å². The van der Waals surface area contributed by atoms with Crippen molar-refractivity contribution in [2.45, 2.75) is 0 Å². The Kier molecular flexibility index (Phi) is 2.76. The van der Waals surface area contributed by atoms with Crippen LogP contribution < -0.4 is 0 Å². The van der Waals surface area contributed by atoms with E-state index in [1.54, 1.807) is 0 Å². The van der Waals surface area contributed by atoms with E-state index >= 15 is 0 Å². The van der Waals surface area contributed by atoms with Crippen LogP contribution in [0.3, 0.4) is 0 Å². The predicted molar refractivity (Wildman–Crippen MR) is 45.0 cm³/mol. The fourth-order valence-corrected chi connectivity index (χ4v) is 0.921. The fraction of sp³-hybridized carbons (Fsp3) is 0.111. The first kappa shape index (κ1) is 7.62. The molecule has 0 saturated carbocycles. The maximum absolute atomic E-state index is 5.50. The zero-order chi connectivity index (χ0) is 7.40. The van der Waals surface area contributed by atoms with Crippen molar-refractivity contribution in [2.75, 3.05) is 5.88 Å². The lowest BCUT2D eigenvalue weighted by molar-refractivity contribution is 1.42. The van der Waals surface area contributed by atoms with E-state index in [0.29, 0.717) is 5.88 Å². The van der Waals surface area contributed by atoms with Crippen molar-refractivity contribution in [3.63, 3.8) is 0 Å². The highest BCUT2D eigenvalue weighted by Gasteiger charge is 1.89. The Bertz CT molecular complexity index is 188. The third-order valence-corrected chi connectivity index (χ3v) is 1.45. The van der Waals surface area contributed by atoms with Crippen molar-refractivity contribution < 1.29 is 0 Å². The summed E-state index contributed by atoms with van der Waals surface area (Å²) >= 11 is 5.50. The van der Waals surface area contributed by atoms with Crippen LogP contribution in [0.5, 0.6) is 0 Å². The normalized spacial score (nSPS) is 9.80. The maximum Gasteiger partial charge on any atom is 0.0298 e. The molecular formula is C9H9Cl. The second-order valence-electron chi connectivity index (χ2n) is 2.10. The van der Waals surface area contributed by atoms with E-state index in [4.69, 9.17) is 11.6 Å². The van der Waals surface area contributed by atoms with Crippen molar-refractivity contribution in [3.8, 4) is 0 Å². The van der Waals surface area contributed by atoms with E-state index in [2.05, 4.69) is 6.92 Å². The molecular weight excluding hydrogens is 144 g/mol. The number of hydrogen-bond donors (Lipinski definition) is 0. The van der Waals surface area contributed by atoms with E-state index in [-0.39, 0.29) is 0 Å². The Morgan fingerprint density at radius 3 is 2.40 bits per heavy atom. The molecule has 1 aromatic carbocycles. The molecule has 10 heavy (non-hydrogen) atoms. The van der Waals surface area contributed by atoms with Gasteiger partial charge >= 0.3 is 0 Å². The summed E-state index contributed by atoms with van der Waals surface area (Å²) in [7, 11) is 0. The molecule has 0 atom stereocenters. The van der Waals surface area contributed by atoms with Crippen LogP contribution >= 0.6 is 11.6 Å². The summed E-state index contributed by atoms with van der Waals surface area (Å²) in [5.41, 5.74) is 2.19. The molecule has 0 fully saturated rings. The molecule has 0 aliphatic rings. The topological polar surface area (TPSA) is 0 Å². The van der Waals surface area contributed by atoms with Crippen LogP contribution in [-0.4, -0.2) is 5.88 Å². The number of rotatable bonds is 2. The molecule has 0 amide bonds. The van der Waals surface area contributed by atoms with Gasteiger partial charge in [-0.3, -0.25) is 0 Å². The Balaban J connectivity index is 2.69. The van der Waals surface area contributed by atoms with Crippen molar-refractivity contribution in [3.05, 3.63) is 48.7 Å². The van der Waals surface area contributed by atoms with Crippen LogP contribution in [0.1, 0.15) is 11.1 Å². The monoisotopic (exact) mass is 152 g/mol. The van der Waals surface area contributed by atoms with Crippen LogP contribution in [0.25, 0.3) is 0 Å². The van der Waals surface area contributed by atoms with Crippen molar-refractivity contribution in [2.24, 2.45) is 0 Å². The lowest BCUT2D eigenvalue weighted by atomic mass is 10.1. The maximum atomic E-state index is 5.50. The highest BCUT2D eigenvalue weighted by molar-refractivity contribution is 6.18. The van der Waals surface area contributed by atoms with Gasteiger partial charge in [0.15, 0.2) is 0 Å². The van der Waals surface area contributed by atoms with Crippen LogP contribution in [-0.2, 0) is 0 Å². The van der Waals surface area contributed by atoms with Crippen LogP contribution in [0.15, 0.2) is 24.3 Å². The van der Waals surface area contributed by atoms with Gasteiger partial charge in [0, 0.05) is 12.3 Å². The molecule has 0 aromatic heterocycles. The third kappa shape index (κ3) is 2.03. The minimum atomic E-state index is 0.566. The minimum absolute atomic E-state index is 0.566. The first-order valence-corrected chi connectivity index (χ1v) is 3.67. The minimum Gasteiger partial charge on any atom is -0.126 e. The molecule has 0 heterocycles. The summed E-state index contributed by atoms with van der Waals surface area (Å²) < 4.78 is 0. The molecule has 1 heteroatoms. The molecule has 0 nitrogen and oxygen atoms in total. The fourth-order valence-electron chi connectivity index (χ4n) is 0.743. The molecule has 0 aliphatic carbocycles. The summed E-state index contributed by atoms with van der Waals surface area (Å²) in [6.45, 7) is 3.77. The molecule has 0 spiro atoms. The quantitative estimate of drug-likeness (QED) is 0.572. The molecule has 52 valence electrons. The van der Waals surface area contributed by atoms with Gasteiger partial charge in [0.25, 0.3) is 0 Å². The Hall–Kier alpha value is -0.490. The zero-order valence-corrected chi connectivity index (χ0v) is 6.43. The SMILES string of the molecule is [CH2]c1ccc([CH]CCl)cc1. The first-order valence-electron chi connectivity index (χ1n) is 3.14. The van der Waals surface area contributed by atoms with Gasteiger partial charge in [0.05, 0.1) is 0 Å². The second kappa shape index (κ2) is 3.62. The lowest BCUT2D eigenvalue weighted by Crippen LogP contribution is -1.81. The summed E-state index contributed by atoms with van der Waals surface area (Å²) in [5, 5.41) is 0. The van der Waals surface area contributed by atoms with Crippen molar-refractivity contribution >= 4 is 11.6 Å². The van der Waals surface area contributed by atoms with E-state index < -0.39 is 0 Å². The van der Waals surface area contributed by atoms with E-state index in [9.17, 15) is 0 Å². The predicted octanol–water partition coefficient (Wildman–Crippen LogP) is 2.66. The highest BCUT2D eigenvalue weighted by Crippen LogP contribution is 2.05. The average Bonchev–Trinajstić information content (AvgIpc) is 1.95. The first-order chi connectivity index (χ1) is 4.83. The lowest BCUT2D eigenvalue weighted by Gasteiger charge is -1.95. The van der Waals surface area contributed by atoms with Gasteiger partial charge in [-0.25, -0.2) is 0 Å². The number of benzene rings is 1.